The first-order valence-corrected chi connectivity index (χ1v) is 6.90. The first-order chi connectivity index (χ1) is 10.4. The molecule has 1 atom stereocenters. The summed E-state index contributed by atoms with van der Waals surface area (Å²) in [4.78, 5) is 12.2. The van der Waals surface area contributed by atoms with Gasteiger partial charge in [0.15, 0.2) is 11.6 Å². The molecule has 0 aromatic heterocycles. The molecule has 0 fully saturated rings. The average molecular weight is 326 g/mol. The Balaban J connectivity index is 2.23. The molecule has 116 valence electrons. The van der Waals surface area contributed by atoms with Crippen molar-refractivity contribution >= 4 is 17.5 Å². The lowest BCUT2D eigenvalue weighted by molar-refractivity contribution is 0.0939. The van der Waals surface area contributed by atoms with Gasteiger partial charge in [0.25, 0.3) is 5.91 Å². The minimum absolute atomic E-state index is 0.123. The maximum atomic E-state index is 13.3. The molecule has 0 radical (unpaired) electrons. The summed E-state index contributed by atoms with van der Waals surface area (Å²) in [5.74, 6) is -2.20. The number of ether oxygens (including phenoxy) is 1. The van der Waals surface area contributed by atoms with Gasteiger partial charge in [0, 0.05) is 5.56 Å². The van der Waals surface area contributed by atoms with Gasteiger partial charge in [-0.3, -0.25) is 4.79 Å². The highest BCUT2D eigenvalue weighted by Crippen LogP contribution is 2.26. The number of para-hydroxylation sites is 1. The van der Waals surface area contributed by atoms with Gasteiger partial charge in [0.05, 0.1) is 23.7 Å². The van der Waals surface area contributed by atoms with E-state index < -0.39 is 23.6 Å². The normalized spacial score (nSPS) is 11.9. The minimum atomic E-state index is -1.13. The van der Waals surface area contributed by atoms with Gasteiger partial charge in [-0.2, -0.15) is 0 Å². The summed E-state index contributed by atoms with van der Waals surface area (Å²) in [6, 6.07) is 8.35. The molecule has 0 bridgehead atoms. The largest absolute Gasteiger partial charge is 0.496 e. The summed E-state index contributed by atoms with van der Waals surface area (Å²) in [6.45, 7) is 1.75. The third kappa shape index (κ3) is 3.36. The topological polar surface area (TPSA) is 38.3 Å². The van der Waals surface area contributed by atoms with Crippen LogP contribution in [0.1, 0.15) is 28.9 Å². The molecule has 0 aliphatic heterocycles. The zero-order valence-electron chi connectivity index (χ0n) is 12.0. The number of benzene rings is 2. The maximum Gasteiger partial charge on any atom is 0.253 e. The highest BCUT2D eigenvalue weighted by Gasteiger charge is 2.18. The van der Waals surface area contributed by atoms with E-state index in [1.165, 1.54) is 7.11 Å². The Bertz CT molecular complexity index is 707. The number of carbonyl (C=O) groups is 1. The van der Waals surface area contributed by atoms with Gasteiger partial charge in [-0.15, -0.1) is 0 Å². The third-order valence-electron chi connectivity index (χ3n) is 3.21. The van der Waals surface area contributed by atoms with Crippen molar-refractivity contribution in [1.82, 2.24) is 5.32 Å². The van der Waals surface area contributed by atoms with Crippen LogP contribution in [0.2, 0.25) is 5.02 Å². The van der Waals surface area contributed by atoms with Crippen LogP contribution in [-0.4, -0.2) is 13.0 Å². The molecule has 1 amide bonds. The fourth-order valence-electron chi connectivity index (χ4n) is 2.07. The second-order valence-electron chi connectivity index (χ2n) is 4.68. The standard InChI is InChI=1S/C16H14ClF2NO2/c1-9(10-5-3-4-6-15(10)22-2)20-16(21)11-7-13(18)14(19)8-12(11)17/h3-9H,1-2H3,(H,20,21). The van der Waals surface area contributed by atoms with Crippen LogP contribution in [0.4, 0.5) is 8.78 Å². The molecule has 0 aliphatic carbocycles. The van der Waals surface area contributed by atoms with Crippen molar-refractivity contribution in [3.05, 3.63) is 64.2 Å². The number of amides is 1. The van der Waals surface area contributed by atoms with Crippen molar-refractivity contribution in [3.8, 4) is 5.75 Å². The molecule has 3 nitrogen and oxygen atoms in total. The summed E-state index contributed by atoms with van der Waals surface area (Å²) >= 11 is 5.79. The first-order valence-electron chi connectivity index (χ1n) is 6.52. The van der Waals surface area contributed by atoms with Gasteiger partial charge >= 0.3 is 0 Å². The van der Waals surface area contributed by atoms with Crippen molar-refractivity contribution in [2.75, 3.05) is 7.11 Å². The maximum absolute atomic E-state index is 13.3. The number of rotatable bonds is 4. The van der Waals surface area contributed by atoms with E-state index >= 15 is 0 Å². The van der Waals surface area contributed by atoms with Crippen molar-refractivity contribution in [2.24, 2.45) is 0 Å². The second-order valence-corrected chi connectivity index (χ2v) is 5.09. The molecule has 6 heteroatoms. The number of nitrogens with one attached hydrogen (secondary N) is 1. The Labute approximate surface area is 131 Å². The Kier molecular flexibility index (Phi) is 4.98. The van der Waals surface area contributed by atoms with E-state index in [4.69, 9.17) is 16.3 Å². The summed E-state index contributed by atoms with van der Waals surface area (Å²) in [5.41, 5.74) is 0.638. The molecule has 1 unspecified atom stereocenters. The van der Waals surface area contributed by atoms with Gasteiger partial charge in [-0.25, -0.2) is 8.78 Å². The van der Waals surface area contributed by atoms with E-state index in [1.807, 2.05) is 12.1 Å². The summed E-state index contributed by atoms with van der Waals surface area (Å²) in [6.07, 6.45) is 0. The van der Waals surface area contributed by atoms with Crippen molar-refractivity contribution in [1.29, 1.82) is 0 Å². The molecule has 22 heavy (non-hydrogen) atoms. The lowest BCUT2D eigenvalue weighted by atomic mass is 10.1. The number of methoxy groups -OCH3 is 1. The van der Waals surface area contributed by atoms with E-state index in [-0.39, 0.29) is 10.6 Å². The lowest BCUT2D eigenvalue weighted by Crippen LogP contribution is -2.27. The van der Waals surface area contributed by atoms with E-state index in [9.17, 15) is 13.6 Å². The van der Waals surface area contributed by atoms with Crippen LogP contribution in [0.3, 0.4) is 0 Å². The quantitative estimate of drug-likeness (QED) is 0.859. The van der Waals surface area contributed by atoms with E-state index in [0.29, 0.717) is 5.75 Å². The number of hydrogen-bond donors (Lipinski definition) is 1. The fraction of sp³-hybridized carbons (Fsp3) is 0.188. The van der Waals surface area contributed by atoms with E-state index in [1.54, 1.807) is 19.1 Å². The first kappa shape index (κ1) is 16.2. The molecule has 0 saturated carbocycles. The van der Waals surface area contributed by atoms with E-state index in [2.05, 4.69) is 5.32 Å². The van der Waals surface area contributed by atoms with Gasteiger partial charge in [0.1, 0.15) is 5.75 Å². The summed E-state index contributed by atoms with van der Waals surface area (Å²) < 4.78 is 31.5. The van der Waals surface area contributed by atoms with Crippen LogP contribution in [-0.2, 0) is 0 Å². The van der Waals surface area contributed by atoms with Gasteiger partial charge < -0.3 is 10.1 Å². The summed E-state index contributed by atoms with van der Waals surface area (Å²) in [7, 11) is 1.53. The van der Waals surface area contributed by atoms with Crippen molar-refractivity contribution < 1.29 is 18.3 Å². The van der Waals surface area contributed by atoms with Crippen LogP contribution < -0.4 is 10.1 Å². The monoisotopic (exact) mass is 325 g/mol. The van der Waals surface area contributed by atoms with Crippen LogP contribution >= 0.6 is 11.6 Å². The predicted octanol–water partition coefficient (Wildman–Crippen LogP) is 4.12. The lowest BCUT2D eigenvalue weighted by Gasteiger charge is -2.17. The Morgan fingerprint density at radius 2 is 1.86 bits per heavy atom. The van der Waals surface area contributed by atoms with Crippen LogP contribution in [0.25, 0.3) is 0 Å². The summed E-state index contributed by atoms with van der Waals surface area (Å²) in [5, 5.41) is 2.53. The molecule has 1 N–H and O–H groups in total. The van der Waals surface area contributed by atoms with Crippen LogP contribution in [0.5, 0.6) is 5.75 Å². The molecule has 2 aromatic carbocycles. The third-order valence-corrected chi connectivity index (χ3v) is 3.52. The van der Waals surface area contributed by atoms with Gasteiger partial charge in [-0.1, -0.05) is 29.8 Å². The molecule has 0 spiro atoms. The molecule has 2 rings (SSSR count). The SMILES string of the molecule is COc1ccccc1C(C)NC(=O)c1cc(F)c(F)cc1Cl. The number of carbonyl (C=O) groups excluding carboxylic acids is 1. The predicted molar refractivity (Wildman–Crippen MR) is 80.2 cm³/mol. The van der Waals surface area contributed by atoms with Gasteiger partial charge in [-0.05, 0) is 25.1 Å². The molecular weight excluding hydrogens is 312 g/mol. The Morgan fingerprint density at radius 1 is 1.23 bits per heavy atom. The molecule has 0 saturated heterocycles. The second kappa shape index (κ2) is 6.75. The molecule has 2 aromatic rings. The molecule has 0 aliphatic rings. The van der Waals surface area contributed by atoms with Crippen molar-refractivity contribution in [3.63, 3.8) is 0 Å². The fourth-order valence-corrected chi connectivity index (χ4v) is 2.31. The van der Waals surface area contributed by atoms with Crippen LogP contribution in [0.15, 0.2) is 36.4 Å². The Hall–Kier alpha value is -2.14. The number of hydrogen-bond acceptors (Lipinski definition) is 2. The molecular formula is C16H14ClF2NO2. The van der Waals surface area contributed by atoms with E-state index in [0.717, 1.165) is 17.7 Å². The zero-order valence-corrected chi connectivity index (χ0v) is 12.7. The number of halogens is 3. The molecule has 0 heterocycles. The van der Waals surface area contributed by atoms with Crippen LogP contribution in [0, 0.1) is 11.6 Å². The highest BCUT2D eigenvalue weighted by molar-refractivity contribution is 6.33. The Morgan fingerprint density at radius 3 is 2.55 bits per heavy atom. The van der Waals surface area contributed by atoms with Gasteiger partial charge in [0.2, 0.25) is 0 Å². The minimum Gasteiger partial charge on any atom is -0.496 e. The smallest absolute Gasteiger partial charge is 0.253 e. The zero-order chi connectivity index (χ0) is 16.3. The highest BCUT2D eigenvalue weighted by atomic mass is 35.5. The van der Waals surface area contributed by atoms with Crippen molar-refractivity contribution in [2.45, 2.75) is 13.0 Å². The average Bonchev–Trinajstić information content (AvgIpc) is 2.50.